The molecule has 0 aliphatic rings. The van der Waals surface area contributed by atoms with Gasteiger partial charge in [0.15, 0.2) is 0 Å². The molecule has 9 heteroatoms. The minimum atomic E-state index is -1.21. The fourth-order valence-corrected chi connectivity index (χ4v) is 5.60. The van der Waals surface area contributed by atoms with E-state index in [2.05, 4.69) is 16.0 Å². The lowest BCUT2D eigenvalue weighted by Crippen LogP contribution is -2.44. The van der Waals surface area contributed by atoms with Crippen LogP contribution >= 0.6 is 0 Å². The van der Waals surface area contributed by atoms with Crippen molar-refractivity contribution in [3.8, 4) is 5.75 Å². The van der Waals surface area contributed by atoms with Gasteiger partial charge >= 0.3 is 5.97 Å². The number of nitrogens with one attached hydrogen (secondary N) is 3. The van der Waals surface area contributed by atoms with Gasteiger partial charge < -0.3 is 26.2 Å². The molecule has 0 aliphatic carbocycles. The van der Waals surface area contributed by atoms with Gasteiger partial charge in [-0.05, 0) is 45.2 Å². The first kappa shape index (κ1) is 33.4. The summed E-state index contributed by atoms with van der Waals surface area (Å²) < 4.78 is 0. The van der Waals surface area contributed by atoms with Crippen LogP contribution in [-0.2, 0) is 32.0 Å². The van der Waals surface area contributed by atoms with Gasteiger partial charge in [0.1, 0.15) is 11.8 Å². The van der Waals surface area contributed by atoms with Crippen molar-refractivity contribution in [2.75, 3.05) is 0 Å². The summed E-state index contributed by atoms with van der Waals surface area (Å²) in [6, 6.07) is 35.4. The molecule has 5 rings (SSSR count). The second-order valence-corrected chi connectivity index (χ2v) is 11.7. The Morgan fingerprint density at radius 1 is 0.542 bits per heavy atom. The standard InChI is InChI=1S/C39H37N3O6/c43-32-19-16-26(17-20-32)22-35(39(47)48)42-38(46)25-34(30-12-5-2-6-13-30)41-37(45)24-33(29-10-3-1-4-11-29)40-36(44)23-27-15-18-28-9-7-8-14-31(28)21-27/h1-21,33-35,43H,22-25H2,(H,40,44)(H,41,45)(H,42,46)(H,47,48)/t33?,34?,35-/m0/s1. The maximum Gasteiger partial charge on any atom is 0.326 e. The van der Waals surface area contributed by atoms with Gasteiger partial charge in [0.25, 0.3) is 0 Å². The van der Waals surface area contributed by atoms with Crippen molar-refractivity contribution in [3.63, 3.8) is 0 Å². The van der Waals surface area contributed by atoms with E-state index in [1.807, 2.05) is 78.9 Å². The molecular weight excluding hydrogens is 606 g/mol. The fraction of sp³-hybridized carbons (Fsp3) is 0.179. The zero-order valence-corrected chi connectivity index (χ0v) is 26.2. The van der Waals surface area contributed by atoms with Crippen molar-refractivity contribution in [1.29, 1.82) is 0 Å². The van der Waals surface area contributed by atoms with Crippen molar-refractivity contribution >= 4 is 34.5 Å². The number of rotatable bonds is 14. The van der Waals surface area contributed by atoms with Gasteiger partial charge in [-0.2, -0.15) is 0 Å². The van der Waals surface area contributed by atoms with E-state index in [-0.39, 0.29) is 37.3 Å². The Bertz CT molecular complexity index is 1860. The van der Waals surface area contributed by atoms with Crippen LogP contribution in [0.4, 0.5) is 0 Å². The first-order valence-electron chi connectivity index (χ1n) is 15.7. The average Bonchev–Trinajstić information content (AvgIpc) is 3.09. The monoisotopic (exact) mass is 643 g/mol. The number of hydrogen-bond donors (Lipinski definition) is 5. The molecule has 0 heterocycles. The van der Waals surface area contributed by atoms with Crippen LogP contribution in [0.25, 0.3) is 10.8 Å². The molecule has 3 amide bonds. The number of carboxylic acid groups (broad SMARTS) is 1. The SMILES string of the molecule is O=C(Cc1ccc2ccccc2c1)NC(CC(=O)NC(CC(=O)N[C@@H](Cc1ccc(O)cc1)C(=O)O)c1ccccc1)c1ccccc1. The minimum Gasteiger partial charge on any atom is -0.508 e. The van der Waals surface area contributed by atoms with E-state index in [4.69, 9.17) is 0 Å². The van der Waals surface area contributed by atoms with Gasteiger partial charge in [0.05, 0.1) is 31.3 Å². The van der Waals surface area contributed by atoms with E-state index < -0.39 is 35.9 Å². The molecule has 0 radical (unpaired) electrons. The van der Waals surface area contributed by atoms with Crippen molar-refractivity contribution in [1.82, 2.24) is 16.0 Å². The van der Waals surface area contributed by atoms with Gasteiger partial charge in [-0.15, -0.1) is 0 Å². The molecule has 244 valence electrons. The first-order chi connectivity index (χ1) is 23.2. The highest BCUT2D eigenvalue weighted by Gasteiger charge is 2.26. The first-order valence-corrected chi connectivity index (χ1v) is 15.7. The second kappa shape index (κ2) is 16.0. The summed E-state index contributed by atoms with van der Waals surface area (Å²) in [4.78, 5) is 52.0. The Morgan fingerprint density at radius 3 is 1.62 bits per heavy atom. The average molecular weight is 644 g/mol. The quantitative estimate of drug-likeness (QED) is 0.110. The highest BCUT2D eigenvalue weighted by molar-refractivity contribution is 5.87. The summed E-state index contributed by atoms with van der Waals surface area (Å²) in [6.07, 6.45) is -0.144. The number of fused-ring (bicyclic) bond motifs is 1. The number of carboxylic acids is 1. The van der Waals surface area contributed by atoms with Gasteiger partial charge in [-0.3, -0.25) is 14.4 Å². The van der Waals surface area contributed by atoms with Crippen molar-refractivity contribution in [3.05, 3.63) is 150 Å². The number of carbonyl (C=O) groups is 4. The van der Waals surface area contributed by atoms with Crippen LogP contribution in [0.2, 0.25) is 0 Å². The topological polar surface area (TPSA) is 145 Å². The predicted molar refractivity (Wildman–Crippen MR) is 183 cm³/mol. The lowest BCUT2D eigenvalue weighted by Gasteiger charge is -2.23. The number of benzene rings is 5. The molecule has 3 atom stereocenters. The Hall–Kier alpha value is -5.96. The third-order valence-electron chi connectivity index (χ3n) is 8.04. The highest BCUT2D eigenvalue weighted by atomic mass is 16.4. The lowest BCUT2D eigenvalue weighted by atomic mass is 9.99. The Morgan fingerprint density at radius 2 is 1.04 bits per heavy atom. The van der Waals surface area contributed by atoms with Crippen LogP contribution in [0.5, 0.6) is 5.75 Å². The fourth-order valence-electron chi connectivity index (χ4n) is 5.60. The molecule has 0 aromatic heterocycles. The van der Waals surface area contributed by atoms with E-state index in [0.717, 1.165) is 21.9 Å². The number of amides is 3. The van der Waals surface area contributed by atoms with Crippen LogP contribution in [0, 0.1) is 0 Å². The van der Waals surface area contributed by atoms with Gasteiger partial charge in [-0.1, -0.05) is 115 Å². The van der Waals surface area contributed by atoms with Gasteiger partial charge in [0.2, 0.25) is 17.7 Å². The molecule has 5 aromatic rings. The lowest BCUT2D eigenvalue weighted by molar-refractivity contribution is -0.142. The number of hydrogen-bond acceptors (Lipinski definition) is 5. The number of carbonyl (C=O) groups excluding carboxylic acids is 3. The normalized spacial score (nSPS) is 12.8. The maximum absolute atomic E-state index is 13.6. The van der Waals surface area contributed by atoms with Gasteiger partial charge in [0, 0.05) is 6.42 Å². The second-order valence-electron chi connectivity index (χ2n) is 11.7. The molecule has 0 saturated heterocycles. The summed E-state index contributed by atoms with van der Waals surface area (Å²) in [7, 11) is 0. The van der Waals surface area contributed by atoms with Crippen molar-refractivity contribution < 1.29 is 29.4 Å². The zero-order chi connectivity index (χ0) is 33.9. The summed E-state index contributed by atoms with van der Waals surface area (Å²) in [5, 5.41) is 30.0. The van der Waals surface area contributed by atoms with E-state index >= 15 is 0 Å². The number of aromatic hydroxyl groups is 1. The maximum atomic E-state index is 13.6. The summed E-state index contributed by atoms with van der Waals surface area (Å²) in [5.41, 5.74) is 2.90. The van der Waals surface area contributed by atoms with Crippen molar-refractivity contribution in [2.45, 2.75) is 43.8 Å². The molecule has 48 heavy (non-hydrogen) atoms. The molecule has 2 unspecified atom stereocenters. The molecule has 0 spiro atoms. The van der Waals surface area contributed by atoms with Gasteiger partial charge in [-0.25, -0.2) is 4.79 Å². The number of aliphatic carboxylic acids is 1. The third-order valence-corrected chi connectivity index (χ3v) is 8.04. The Kier molecular flexibility index (Phi) is 11.2. The Balaban J connectivity index is 1.27. The van der Waals surface area contributed by atoms with Crippen LogP contribution in [-0.4, -0.2) is 39.9 Å². The highest BCUT2D eigenvalue weighted by Crippen LogP contribution is 2.22. The zero-order valence-electron chi connectivity index (χ0n) is 26.2. The van der Waals surface area contributed by atoms with Crippen LogP contribution in [0.15, 0.2) is 127 Å². The third kappa shape index (κ3) is 9.53. The molecular formula is C39H37N3O6. The van der Waals surface area contributed by atoms with E-state index in [9.17, 15) is 29.4 Å². The molecule has 0 saturated carbocycles. The summed E-state index contributed by atoms with van der Waals surface area (Å²) in [6.45, 7) is 0. The smallest absolute Gasteiger partial charge is 0.326 e. The summed E-state index contributed by atoms with van der Waals surface area (Å²) in [5.74, 6) is -2.34. The predicted octanol–water partition coefficient (Wildman–Crippen LogP) is 5.40. The minimum absolute atomic E-state index is 0.0153. The van der Waals surface area contributed by atoms with Crippen LogP contribution < -0.4 is 16.0 Å². The number of phenolic OH excluding ortho intramolecular Hbond substituents is 1. The van der Waals surface area contributed by atoms with E-state index in [1.165, 1.54) is 12.1 Å². The molecule has 9 nitrogen and oxygen atoms in total. The van der Waals surface area contributed by atoms with E-state index in [1.54, 1.807) is 36.4 Å². The van der Waals surface area contributed by atoms with Crippen LogP contribution in [0.3, 0.4) is 0 Å². The molecule has 0 bridgehead atoms. The molecule has 0 fully saturated rings. The molecule has 0 aliphatic heterocycles. The van der Waals surface area contributed by atoms with Crippen molar-refractivity contribution in [2.24, 2.45) is 0 Å². The largest absolute Gasteiger partial charge is 0.508 e. The van der Waals surface area contributed by atoms with Crippen LogP contribution in [0.1, 0.15) is 47.2 Å². The number of phenols is 1. The Labute approximate surface area is 278 Å². The molecule has 5 N–H and O–H groups in total. The van der Waals surface area contributed by atoms with E-state index in [0.29, 0.717) is 11.1 Å². The molecule has 5 aromatic carbocycles. The summed E-state index contributed by atoms with van der Waals surface area (Å²) >= 11 is 0.